The predicted octanol–water partition coefficient (Wildman–Crippen LogP) is 10.7. The topological polar surface area (TPSA) is 3.24 Å². The van der Waals surface area contributed by atoms with Crippen LogP contribution in [-0.4, -0.2) is 0 Å². The van der Waals surface area contributed by atoms with E-state index in [1.165, 1.54) is 87.8 Å². The second kappa shape index (κ2) is 9.17. The number of hydrogen-bond donors (Lipinski definition) is 0. The molecule has 1 nitrogen and oxygen atoms in total. The molecule has 5 aromatic carbocycles. The summed E-state index contributed by atoms with van der Waals surface area (Å²) < 4.78 is 0. The van der Waals surface area contributed by atoms with Gasteiger partial charge in [-0.2, -0.15) is 0 Å². The second-order valence-electron chi connectivity index (χ2n) is 11.7. The maximum atomic E-state index is 2.46. The molecular weight excluding hydrogens is 458 g/mol. The molecule has 0 saturated heterocycles. The molecule has 0 atom stereocenters. The van der Waals surface area contributed by atoms with Gasteiger partial charge in [-0.05, 0) is 82.3 Å². The molecule has 0 aliphatic heterocycles. The first-order valence-electron chi connectivity index (χ1n) is 14.2. The van der Waals surface area contributed by atoms with E-state index in [1.54, 1.807) is 0 Å². The molecule has 0 N–H and O–H groups in total. The van der Waals surface area contributed by atoms with Crippen LogP contribution in [0.1, 0.15) is 68.6 Å². The van der Waals surface area contributed by atoms with Crippen LogP contribution in [0.15, 0.2) is 109 Å². The van der Waals surface area contributed by atoms with Crippen molar-refractivity contribution in [3.8, 4) is 11.1 Å². The molecule has 7 rings (SSSR count). The van der Waals surface area contributed by atoms with Crippen molar-refractivity contribution in [2.45, 2.75) is 57.3 Å². The smallest absolute Gasteiger partial charge is 0.0540 e. The van der Waals surface area contributed by atoms with Gasteiger partial charge in [0, 0.05) is 22.2 Å². The highest BCUT2D eigenvalue weighted by atomic mass is 15.1. The van der Waals surface area contributed by atoms with Crippen LogP contribution in [0.25, 0.3) is 21.9 Å². The summed E-state index contributed by atoms with van der Waals surface area (Å²) in [6.45, 7) is 4.73. The molecular formula is C37H35N. The maximum Gasteiger partial charge on any atom is 0.0540 e. The summed E-state index contributed by atoms with van der Waals surface area (Å²) >= 11 is 0. The molecule has 0 amide bonds. The van der Waals surface area contributed by atoms with Gasteiger partial charge in [-0.15, -0.1) is 0 Å². The van der Waals surface area contributed by atoms with Crippen molar-refractivity contribution in [1.29, 1.82) is 0 Å². The number of nitrogens with zero attached hydrogens (tertiary/aromatic N) is 1. The number of anilines is 3. The summed E-state index contributed by atoms with van der Waals surface area (Å²) in [7, 11) is 0. The third-order valence-electron chi connectivity index (χ3n) is 9.06. The van der Waals surface area contributed by atoms with E-state index in [4.69, 9.17) is 0 Å². The molecule has 0 bridgehead atoms. The maximum absolute atomic E-state index is 2.46. The highest BCUT2D eigenvalue weighted by Gasteiger charge is 2.35. The average Bonchev–Trinajstić information content (AvgIpc) is 3.20. The standard InChI is InChI=1S/C37H35N/c1-37(2)34-17-9-8-16-32(34)33-24-23-30(25-35(33)37)38(36-18-10-14-28-13-6-7-15-31(28)36)29-21-19-27(20-22-29)26-11-4-3-5-12-26/h6-10,13-26H,3-5,11-12H2,1-2H3. The lowest BCUT2D eigenvalue weighted by atomic mass is 9.82. The summed E-state index contributed by atoms with van der Waals surface area (Å²) in [5.41, 5.74) is 10.7. The molecule has 5 aromatic rings. The Morgan fingerprint density at radius 3 is 2.13 bits per heavy atom. The normalized spacial score (nSPS) is 16.3. The lowest BCUT2D eigenvalue weighted by molar-refractivity contribution is 0.443. The molecule has 0 radical (unpaired) electrons. The second-order valence-corrected chi connectivity index (χ2v) is 11.7. The highest BCUT2D eigenvalue weighted by Crippen LogP contribution is 2.51. The minimum absolute atomic E-state index is 0.0306. The molecule has 2 aliphatic rings. The third-order valence-corrected chi connectivity index (χ3v) is 9.06. The minimum atomic E-state index is -0.0306. The van der Waals surface area contributed by atoms with Gasteiger partial charge in [0.2, 0.25) is 0 Å². The number of fused-ring (bicyclic) bond motifs is 4. The summed E-state index contributed by atoms with van der Waals surface area (Å²) in [5, 5.41) is 2.54. The van der Waals surface area contributed by atoms with E-state index in [0.717, 1.165) is 0 Å². The van der Waals surface area contributed by atoms with Crippen LogP contribution in [0, 0.1) is 0 Å². The van der Waals surface area contributed by atoms with Crippen molar-refractivity contribution in [3.63, 3.8) is 0 Å². The van der Waals surface area contributed by atoms with Crippen molar-refractivity contribution >= 4 is 27.8 Å². The van der Waals surface area contributed by atoms with Crippen molar-refractivity contribution < 1.29 is 0 Å². The van der Waals surface area contributed by atoms with Gasteiger partial charge >= 0.3 is 0 Å². The molecule has 38 heavy (non-hydrogen) atoms. The van der Waals surface area contributed by atoms with E-state index in [-0.39, 0.29) is 5.41 Å². The van der Waals surface area contributed by atoms with Gasteiger partial charge in [-0.3, -0.25) is 0 Å². The Hall–Kier alpha value is -3.84. The van der Waals surface area contributed by atoms with Gasteiger partial charge < -0.3 is 4.90 Å². The van der Waals surface area contributed by atoms with Crippen LogP contribution < -0.4 is 4.90 Å². The monoisotopic (exact) mass is 493 g/mol. The van der Waals surface area contributed by atoms with E-state index in [2.05, 4.69) is 128 Å². The molecule has 188 valence electrons. The van der Waals surface area contributed by atoms with Crippen molar-refractivity contribution in [1.82, 2.24) is 0 Å². The Labute approximate surface area is 226 Å². The molecule has 0 heterocycles. The van der Waals surface area contributed by atoms with E-state index in [9.17, 15) is 0 Å². The Bertz CT molecular complexity index is 1610. The fourth-order valence-corrected chi connectivity index (χ4v) is 6.99. The first-order chi connectivity index (χ1) is 18.6. The minimum Gasteiger partial charge on any atom is -0.310 e. The van der Waals surface area contributed by atoms with Gasteiger partial charge in [0.15, 0.2) is 0 Å². The summed E-state index contributed by atoms with van der Waals surface area (Å²) in [4.78, 5) is 2.46. The van der Waals surface area contributed by atoms with Crippen LogP contribution in [0.4, 0.5) is 17.1 Å². The van der Waals surface area contributed by atoms with Crippen molar-refractivity contribution in [3.05, 3.63) is 126 Å². The molecule has 0 spiro atoms. The first kappa shape index (κ1) is 23.3. The van der Waals surface area contributed by atoms with E-state index < -0.39 is 0 Å². The molecule has 1 heteroatoms. The lowest BCUT2D eigenvalue weighted by Crippen LogP contribution is -2.16. The zero-order valence-electron chi connectivity index (χ0n) is 22.5. The Morgan fingerprint density at radius 2 is 1.29 bits per heavy atom. The van der Waals surface area contributed by atoms with Crippen LogP contribution >= 0.6 is 0 Å². The van der Waals surface area contributed by atoms with Gasteiger partial charge in [0.25, 0.3) is 0 Å². The lowest BCUT2D eigenvalue weighted by Gasteiger charge is -2.29. The summed E-state index contributed by atoms with van der Waals surface area (Å²) in [6.07, 6.45) is 6.77. The molecule has 0 aromatic heterocycles. The molecule has 1 fully saturated rings. The predicted molar refractivity (Wildman–Crippen MR) is 162 cm³/mol. The van der Waals surface area contributed by atoms with Crippen molar-refractivity contribution in [2.24, 2.45) is 0 Å². The fraction of sp³-hybridized carbons (Fsp3) is 0.243. The van der Waals surface area contributed by atoms with Crippen molar-refractivity contribution in [2.75, 3.05) is 4.90 Å². The number of hydrogen-bond acceptors (Lipinski definition) is 1. The van der Waals surface area contributed by atoms with Gasteiger partial charge in [-0.1, -0.05) is 112 Å². The van der Waals surface area contributed by atoms with E-state index >= 15 is 0 Å². The van der Waals surface area contributed by atoms with E-state index in [1.807, 2.05) is 0 Å². The summed E-state index contributed by atoms with van der Waals surface area (Å²) in [5.74, 6) is 0.711. The summed E-state index contributed by atoms with van der Waals surface area (Å²) in [6, 6.07) is 40.9. The Balaban J connectivity index is 1.39. The highest BCUT2D eigenvalue weighted by molar-refractivity contribution is 5.99. The molecule has 0 unspecified atom stereocenters. The Kier molecular flexibility index (Phi) is 5.62. The SMILES string of the molecule is CC1(C)c2ccccc2-c2ccc(N(c3ccc(C4CCCCC4)cc3)c3cccc4ccccc34)cc21. The van der Waals surface area contributed by atoms with Crippen LogP contribution in [0.5, 0.6) is 0 Å². The van der Waals surface area contributed by atoms with Gasteiger partial charge in [0.1, 0.15) is 0 Å². The number of rotatable bonds is 4. The quantitative estimate of drug-likeness (QED) is 0.241. The Morgan fingerprint density at radius 1 is 0.605 bits per heavy atom. The van der Waals surface area contributed by atoms with Crippen LogP contribution in [0.3, 0.4) is 0 Å². The van der Waals surface area contributed by atoms with Gasteiger partial charge in [-0.25, -0.2) is 0 Å². The fourth-order valence-electron chi connectivity index (χ4n) is 6.99. The van der Waals surface area contributed by atoms with E-state index in [0.29, 0.717) is 5.92 Å². The van der Waals surface area contributed by atoms with Crippen LogP contribution in [-0.2, 0) is 5.41 Å². The van der Waals surface area contributed by atoms with Crippen LogP contribution in [0.2, 0.25) is 0 Å². The molecule has 1 saturated carbocycles. The first-order valence-corrected chi connectivity index (χ1v) is 14.2. The third kappa shape index (κ3) is 3.76. The average molecular weight is 494 g/mol. The number of benzene rings is 5. The van der Waals surface area contributed by atoms with Gasteiger partial charge in [0.05, 0.1) is 5.69 Å². The zero-order valence-corrected chi connectivity index (χ0v) is 22.5. The zero-order chi connectivity index (χ0) is 25.7. The largest absolute Gasteiger partial charge is 0.310 e. The molecule has 2 aliphatic carbocycles.